The Morgan fingerprint density at radius 3 is 2.80 bits per heavy atom. The summed E-state index contributed by atoms with van der Waals surface area (Å²) in [5, 5.41) is 11.2. The molecule has 0 saturated carbocycles. The maximum absolute atomic E-state index is 12.2. The minimum Gasteiger partial charge on any atom is -0.350 e. The first-order valence-corrected chi connectivity index (χ1v) is 8.20. The van der Waals surface area contributed by atoms with Crippen molar-refractivity contribution in [1.29, 1.82) is 0 Å². The Hall–Kier alpha value is -2.96. The van der Waals surface area contributed by atoms with Crippen molar-refractivity contribution in [3.8, 4) is 11.4 Å². The predicted molar refractivity (Wildman–Crippen MR) is 92.9 cm³/mol. The van der Waals surface area contributed by atoms with Gasteiger partial charge >= 0.3 is 0 Å². The Balaban J connectivity index is 1.56. The summed E-state index contributed by atoms with van der Waals surface area (Å²) < 4.78 is 7.09. The summed E-state index contributed by atoms with van der Waals surface area (Å²) in [6.45, 7) is 7.33. The molecule has 0 aliphatic heterocycles. The summed E-state index contributed by atoms with van der Waals surface area (Å²) in [5.74, 6) is 0.133. The molecule has 0 bridgehead atoms. The maximum atomic E-state index is 12.2. The van der Waals surface area contributed by atoms with Gasteiger partial charge in [-0.3, -0.25) is 14.5 Å². The molecule has 1 amide bonds. The highest BCUT2D eigenvalue weighted by molar-refractivity contribution is 5.92. The largest absolute Gasteiger partial charge is 0.350 e. The van der Waals surface area contributed by atoms with Crippen molar-refractivity contribution in [3.63, 3.8) is 0 Å². The number of pyridine rings is 1. The van der Waals surface area contributed by atoms with E-state index in [1.54, 1.807) is 12.3 Å². The van der Waals surface area contributed by atoms with Gasteiger partial charge in [0.1, 0.15) is 5.69 Å². The Kier molecular flexibility index (Phi) is 4.92. The number of carbonyl (C=O) groups is 1. The summed E-state index contributed by atoms with van der Waals surface area (Å²) in [5.41, 5.74) is 3.33. The monoisotopic (exact) mass is 339 g/mol. The molecule has 0 aliphatic rings. The van der Waals surface area contributed by atoms with E-state index >= 15 is 0 Å². The minimum absolute atomic E-state index is 0.180. The molecule has 1 N–H and O–H groups in total. The molecule has 0 saturated heterocycles. The molecule has 0 spiro atoms. The van der Waals surface area contributed by atoms with Crippen LogP contribution in [-0.2, 0) is 6.54 Å². The van der Waals surface area contributed by atoms with E-state index < -0.39 is 0 Å². The topological polar surface area (TPSA) is 85.8 Å². The van der Waals surface area contributed by atoms with E-state index in [1.807, 2.05) is 42.8 Å². The van der Waals surface area contributed by atoms with Crippen LogP contribution in [0, 0.1) is 19.8 Å². The second kappa shape index (κ2) is 7.29. The fraction of sp³-hybridized carbons (Fsp3) is 0.333. The number of hydrogen-bond acceptors (Lipinski definition) is 5. The van der Waals surface area contributed by atoms with Crippen molar-refractivity contribution >= 4 is 5.91 Å². The lowest BCUT2D eigenvalue weighted by Gasteiger charge is -2.13. The van der Waals surface area contributed by atoms with E-state index in [-0.39, 0.29) is 17.6 Å². The first kappa shape index (κ1) is 16.9. The van der Waals surface area contributed by atoms with E-state index in [9.17, 15) is 4.79 Å². The molecule has 130 valence electrons. The molecular formula is C18H21N5O2. The fourth-order valence-corrected chi connectivity index (χ4v) is 2.59. The Morgan fingerprint density at radius 2 is 2.12 bits per heavy atom. The molecule has 1 unspecified atom stereocenters. The minimum atomic E-state index is -0.283. The lowest BCUT2D eigenvalue weighted by Crippen LogP contribution is -2.30. The Bertz CT molecular complexity index is 853. The quantitative estimate of drug-likeness (QED) is 0.746. The number of aromatic nitrogens is 4. The van der Waals surface area contributed by atoms with Crippen LogP contribution in [0.1, 0.15) is 28.9 Å². The molecule has 1 atom stereocenters. The van der Waals surface area contributed by atoms with Gasteiger partial charge in [0.05, 0.1) is 11.4 Å². The lowest BCUT2D eigenvalue weighted by molar-refractivity contribution is 0.0909. The first-order valence-electron chi connectivity index (χ1n) is 8.20. The van der Waals surface area contributed by atoms with Gasteiger partial charge in [0.2, 0.25) is 5.76 Å². The van der Waals surface area contributed by atoms with Gasteiger partial charge in [0.15, 0.2) is 0 Å². The van der Waals surface area contributed by atoms with Gasteiger partial charge in [-0.15, -0.1) is 0 Å². The average molecular weight is 339 g/mol. The zero-order chi connectivity index (χ0) is 17.8. The third kappa shape index (κ3) is 4.12. The van der Waals surface area contributed by atoms with Crippen LogP contribution < -0.4 is 5.32 Å². The van der Waals surface area contributed by atoms with Crippen LogP contribution in [-0.4, -0.2) is 32.4 Å². The zero-order valence-electron chi connectivity index (χ0n) is 14.6. The van der Waals surface area contributed by atoms with Gasteiger partial charge in [-0.1, -0.05) is 18.1 Å². The number of aryl methyl sites for hydroxylation is 2. The highest BCUT2D eigenvalue weighted by Gasteiger charge is 2.16. The molecule has 0 aromatic carbocycles. The van der Waals surface area contributed by atoms with Crippen molar-refractivity contribution in [2.45, 2.75) is 27.3 Å². The zero-order valence-corrected chi connectivity index (χ0v) is 14.6. The van der Waals surface area contributed by atoms with Crippen molar-refractivity contribution in [2.24, 2.45) is 5.92 Å². The molecule has 3 aromatic heterocycles. The van der Waals surface area contributed by atoms with Gasteiger partial charge in [-0.05, 0) is 38.0 Å². The van der Waals surface area contributed by atoms with Gasteiger partial charge < -0.3 is 9.84 Å². The fourth-order valence-electron chi connectivity index (χ4n) is 2.59. The van der Waals surface area contributed by atoms with Crippen LogP contribution in [0.15, 0.2) is 41.1 Å². The third-order valence-corrected chi connectivity index (χ3v) is 3.86. The second-order valence-corrected chi connectivity index (χ2v) is 6.22. The maximum Gasteiger partial charge on any atom is 0.289 e. The number of hydrogen-bond donors (Lipinski definition) is 1. The van der Waals surface area contributed by atoms with Gasteiger partial charge in [0.25, 0.3) is 5.91 Å². The Morgan fingerprint density at radius 1 is 1.28 bits per heavy atom. The highest BCUT2D eigenvalue weighted by Crippen LogP contribution is 2.16. The molecule has 7 nitrogen and oxygen atoms in total. The second-order valence-electron chi connectivity index (χ2n) is 6.22. The van der Waals surface area contributed by atoms with Gasteiger partial charge in [-0.25, -0.2) is 0 Å². The van der Waals surface area contributed by atoms with Crippen LogP contribution >= 0.6 is 0 Å². The number of rotatable bonds is 6. The molecule has 0 aliphatic carbocycles. The smallest absolute Gasteiger partial charge is 0.289 e. The van der Waals surface area contributed by atoms with E-state index in [0.717, 1.165) is 17.9 Å². The van der Waals surface area contributed by atoms with Crippen LogP contribution in [0.3, 0.4) is 0 Å². The van der Waals surface area contributed by atoms with Crippen LogP contribution in [0.4, 0.5) is 0 Å². The van der Waals surface area contributed by atoms with Crippen molar-refractivity contribution < 1.29 is 9.32 Å². The standard InChI is InChI=1S/C18H21N5O2/c1-12(11-23-14(3)8-13(2)21-23)10-20-18(24)17-9-16(22-25-17)15-6-4-5-7-19-15/h4-9,12H,10-11H2,1-3H3,(H,20,24). The average Bonchev–Trinajstić information content (AvgIpc) is 3.21. The van der Waals surface area contributed by atoms with E-state index in [0.29, 0.717) is 17.9 Å². The highest BCUT2D eigenvalue weighted by atomic mass is 16.5. The Labute approximate surface area is 146 Å². The van der Waals surface area contributed by atoms with E-state index in [2.05, 4.69) is 27.5 Å². The van der Waals surface area contributed by atoms with Crippen molar-refractivity contribution in [3.05, 3.63) is 53.7 Å². The van der Waals surface area contributed by atoms with Crippen LogP contribution in [0.5, 0.6) is 0 Å². The summed E-state index contributed by atoms with van der Waals surface area (Å²) in [7, 11) is 0. The van der Waals surface area contributed by atoms with Gasteiger partial charge in [0, 0.05) is 31.0 Å². The SMILES string of the molecule is Cc1cc(C)n(CC(C)CNC(=O)c2cc(-c3ccccn3)no2)n1. The number of carbonyl (C=O) groups excluding carboxylic acids is 1. The lowest BCUT2D eigenvalue weighted by atomic mass is 10.2. The molecule has 3 heterocycles. The van der Waals surface area contributed by atoms with Crippen molar-refractivity contribution in [2.75, 3.05) is 6.54 Å². The molecule has 3 aromatic rings. The molecule has 0 fully saturated rings. The van der Waals surface area contributed by atoms with E-state index in [4.69, 9.17) is 4.52 Å². The van der Waals surface area contributed by atoms with Crippen LogP contribution in [0.2, 0.25) is 0 Å². The normalized spacial score (nSPS) is 12.1. The number of nitrogens with one attached hydrogen (secondary N) is 1. The summed E-state index contributed by atoms with van der Waals surface area (Å²) in [4.78, 5) is 16.4. The summed E-state index contributed by atoms with van der Waals surface area (Å²) in [6, 6.07) is 9.14. The van der Waals surface area contributed by atoms with E-state index in [1.165, 1.54) is 0 Å². The van der Waals surface area contributed by atoms with Crippen LogP contribution in [0.25, 0.3) is 11.4 Å². The molecular weight excluding hydrogens is 318 g/mol. The third-order valence-electron chi connectivity index (χ3n) is 3.86. The molecule has 0 radical (unpaired) electrons. The number of nitrogens with zero attached hydrogens (tertiary/aromatic N) is 4. The number of amides is 1. The summed E-state index contributed by atoms with van der Waals surface area (Å²) >= 11 is 0. The predicted octanol–water partition coefficient (Wildman–Crippen LogP) is 2.62. The van der Waals surface area contributed by atoms with Crippen molar-refractivity contribution in [1.82, 2.24) is 25.2 Å². The molecule has 25 heavy (non-hydrogen) atoms. The van der Waals surface area contributed by atoms with Gasteiger partial charge in [-0.2, -0.15) is 5.10 Å². The summed E-state index contributed by atoms with van der Waals surface area (Å²) in [6.07, 6.45) is 1.67. The first-order chi connectivity index (χ1) is 12.0. The molecule has 3 rings (SSSR count). The molecule has 7 heteroatoms.